The van der Waals surface area contributed by atoms with Gasteiger partial charge in [0.15, 0.2) is 0 Å². The summed E-state index contributed by atoms with van der Waals surface area (Å²) in [6, 6.07) is 0. The second-order valence-corrected chi connectivity index (χ2v) is 6.73. The lowest BCUT2D eigenvalue weighted by Gasteiger charge is -2.40. The summed E-state index contributed by atoms with van der Waals surface area (Å²) in [6.45, 7) is -6.21. The predicted octanol–water partition coefficient (Wildman–Crippen LogP) is 4.00. The number of carbonyl (C=O) groups is 2. The van der Waals surface area contributed by atoms with Crippen molar-refractivity contribution in [2.45, 2.75) is 48.4 Å². The Labute approximate surface area is 177 Å². The van der Waals surface area contributed by atoms with Crippen molar-refractivity contribution < 1.29 is 79.8 Å². The maximum Gasteiger partial charge on any atom is 0.392 e. The second kappa shape index (κ2) is 8.80. The van der Waals surface area contributed by atoms with Gasteiger partial charge in [-0.25, -0.2) is 17.6 Å². The van der Waals surface area contributed by atoms with Crippen LogP contribution in [0.4, 0.5) is 70.2 Å². The molecule has 1 rings (SSSR count). The van der Waals surface area contributed by atoms with Crippen molar-refractivity contribution >= 4 is 11.8 Å². The van der Waals surface area contributed by atoms with Crippen LogP contribution in [0, 0.1) is 0 Å². The second-order valence-electron chi connectivity index (χ2n) is 6.73. The minimum absolute atomic E-state index is 0.511. The summed E-state index contributed by atoms with van der Waals surface area (Å²) in [5.74, 6) is -46.9. The van der Waals surface area contributed by atoms with E-state index in [1.165, 1.54) is 0 Å². The van der Waals surface area contributed by atoms with Gasteiger partial charge < -0.3 is 9.80 Å². The highest BCUT2D eigenvalue weighted by atomic mass is 19.4. The number of rotatable bonds is 8. The van der Waals surface area contributed by atoms with E-state index in [0.717, 1.165) is 0 Å². The number of halogens is 16. The van der Waals surface area contributed by atoms with Crippen LogP contribution in [0.3, 0.4) is 0 Å². The lowest BCUT2D eigenvalue weighted by molar-refractivity contribution is -0.331. The Morgan fingerprint density at radius 1 is 0.500 bits per heavy atom. The molecule has 0 N–H and O–H groups in total. The molecule has 1 aliphatic rings. The molecule has 0 aliphatic carbocycles. The van der Waals surface area contributed by atoms with Crippen LogP contribution < -0.4 is 0 Å². The number of carbonyl (C=O) groups excluding carboxylic acids is 2. The van der Waals surface area contributed by atoms with Crippen LogP contribution in [0.25, 0.3) is 0 Å². The summed E-state index contributed by atoms with van der Waals surface area (Å²) in [6.07, 6.45) is -10.7. The fraction of sp³-hybridized carbons (Fsp3) is 0.857. The van der Waals surface area contributed by atoms with Crippen LogP contribution in [0.1, 0.15) is 0 Å². The Hall–Kier alpha value is -2.18. The van der Waals surface area contributed by atoms with Gasteiger partial charge in [-0.3, -0.25) is 9.59 Å². The van der Waals surface area contributed by atoms with Crippen molar-refractivity contribution in [2.75, 3.05) is 26.2 Å². The molecule has 0 bridgehead atoms. The number of alkyl halides is 16. The molecule has 0 unspecified atom stereocenters. The third-order valence-corrected chi connectivity index (χ3v) is 4.57. The molecular formula is C14H10F16N2O2. The van der Waals surface area contributed by atoms with Crippen LogP contribution >= 0.6 is 0 Å². The van der Waals surface area contributed by atoms with Crippen molar-refractivity contribution in [1.82, 2.24) is 9.80 Å². The standard InChI is InChI=1S/C14H10F16N2O2/c15-5(16)9(19,20)13(27,28)11(23,24)7(33)31-1-2-32(4-3-31)8(34)12(25,26)14(29,30)10(21,22)6(17)18/h5-6H,1-4H2. The maximum absolute atomic E-state index is 13.6. The first kappa shape index (κ1) is 29.9. The van der Waals surface area contributed by atoms with Crippen LogP contribution in [0.2, 0.25) is 0 Å². The smallest absolute Gasteiger partial charge is 0.334 e. The van der Waals surface area contributed by atoms with Gasteiger partial charge in [0.2, 0.25) is 0 Å². The normalized spacial score (nSPS) is 17.6. The molecule has 1 fully saturated rings. The van der Waals surface area contributed by atoms with E-state index in [1.54, 1.807) is 0 Å². The van der Waals surface area contributed by atoms with Crippen molar-refractivity contribution in [1.29, 1.82) is 0 Å². The first-order valence-electron chi connectivity index (χ1n) is 8.34. The van der Waals surface area contributed by atoms with Gasteiger partial charge in [-0.1, -0.05) is 0 Å². The van der Waals surface area contributed by atoms with Gasteiger partial charge in [-0.15, -0.1) is 0 Å². The summed E-state index contributed by atoms with van der Waals surface area (Å²) in [5, 5.41) is 0. The van der Waals surface area contributed by atoms with Crippen molar-refractivity contribution in [3.63, 3.8) is 0 Å². The Bertz CT molecular complexity index is 712. The summed E-state index contributed by atoms with van der Waals surface area (Å²) in [4.78, 5) is 22.1. The lowest BCUT2D eigenvalue weighted by atomic mass is 10.0. The molecule has 1 saturated heterocycles. The highest BCUT2D eigenvalue weighted by molar-refractivity contribution is 5.87. The molecule has 1 heterocycles. The fourth-order valence-corrected chi connectivity index (χ4v) is 2.47. The lowest BCUT2D eigenvalue weighted by Crippen LogP contribution is -2.67. The molecule has 20 heteroatoms. The molecule has 200 valence electrons. The maximum atomic E-state index is 13.6. The summed E-state index contributed by atoms with van der Waals surface area (Å²) in [7, 11) is 0. The van der Waals surface area contributed by atoms with E-state index in [-0.39, 0.29) is 0 Å². The molecule has 0 aromatic heterocycles. The third-order valence-electron chi connectivity index (χ3n) is 4.57. The number of nitrogens with zero attached hydrogens (tertiary/aromatic N) is 2. The minimum atomic E-state index is -6.98. The van der Waals surface area contributed by atoms with Crippen molar-refractivity contribution in [3.05, 3.63) is 0 Å². The molecule has 4 nitrogen and oxygen atoms in total. The average molecular weight is 542 g/mol. The molecule has 0 spiro atoms. The summed E-state index contributed by atoms with van der Waals surface area (Å²) >= 11 is 0. The van der Waals surface area contributed by atoms with E-state index < -0.39 is 96.2 Å². The molecule has 2 amide bonds. The Morgan fingerprint density at radius 2 is 0.706 bits per heavy atom. The van der Waals surface area contributed by atoms with E-state index in [1.807, 2.05) is 0 Å². The molecule has 0 aromatic carbocycles. The topological polar surface area (TPSA) is 40.6 Å². The van der Waals surface area contributed by atoms with Crippen LogP contribution in [0.5, 0.6) is 0 Å². The highest BCUT2D eigenvalue weighted by Gasteiger charge is 2.80. The fourth-order valence-electron chi connectivity index (χ4n) is 2.47. The van der Waals surface area contributed by atoms with Crippen molar-refractivity contribution in [3.8, 4) is 0 Å². The molecular weight excluding hydrogens is 532 g/mol. The quantitative estimate of drug-likeness (QED) is 0.436. The summed E-state index contributed by atoms with van der Waals surface area (Å²) < 4.78 is 207. The molecule has 1 aliphatic heterocycles. The molecule has 0 radical (unpaired) electrons. The van der Waals surface area contributed by atoms with E-state index in [2.05, 4.69) is 0 Å². The van der Waals surface area contributed by atoms with E-state index >= 15 is 0 Å². The van der Waals surface area contributed by atoms with Gasteiger partial charge in [-0.2, -0.15) is 52.7 Å². The molecule has 0 aromatic rings. The van der Waals surface area contributed by atoms with Crippen LogP contribution in [0.15, 0.2) is 0 Å². The van der Waals surface area contributed by atoms with Gasteiger partial charge in [0.1, 0.15) is 0 Å². The van der Waals surface area contributed by atoms with Gasteiger partial charge >= 0.3 is 48.4 Å². The molecule has 0 atom stereocenters. The van der Waals surface area contributed by atoms with Crippen molar-refractivity contribution in [2.24, 2.45) is 0 Å². The van der Waals surface area contributed by atoms with E-state index in [0.29, 0.717) is 0 Å². The average Bonchev–Trinajstić information content (AvgIpc) is 2.71. The monoisotopic (exact) mass is 542 g/mol. The van der Waals surface area contributed by atoms with Gasteiger partial charge in [0.05, 0.1) is 0 Å². The minimum Gasteiger partial charge on any atom is -0.334 e. The first-order chi connectivity index (χ1) is 14.9. The Morgan fingerprint density at radius 3 is 0.882 bits per heavy atom. The first-order valence-corrected chi connectivity index (χ1v) is 8.34. The highest BCUT2D eigenvalue weighted by Crippen LogP contribution is 2.50. The zero-order chi connectivity index (χ0) is 27.3. The largest absolute Gasteiger partial charge is 0.392 e. The SMILES string of the molecule is O=C(N1CCN(C(=O)C(F)(F)C(F)(F)C(F)(F)C(F)F)CC1)C(F)(F)C(F)(F)C(F)(F)C(F)F. The zero-order valence-corrected chi connectivity index (χ0v) is 15.7. The Kier molecular flexibility index (Phi) is 7.72. The van der Waals surface area contributed by atoms with E-state index in [4.69, 9.17) is 0 Å². The van der Waals surface area contributed by atoms with Crippen LogP contribution in [-0.4, -0.2) is 96.2 Å². The predicted molar refractivity (Wildman–Crippen MR) is 74.9 cm³/mol. The van der Waals surface area contributed by atoms with Gasteiger partial charge in [-0.05, 0) is 0 Å². The number of amides is 2. The molecule has 0 saturated carbocycles. The number of hydrogen-bond acceptors (Lipinski definition) is 2. The third kappa shape index (κ3) is 4.31. The number of piperazine rings is 1. The Balaban J connectivity index is 3.05. The zero-order valence-electron chi connectivity index (χ0n) is 15.7. The summed E-state index contributed by atoms with van der Waals surface area (Å²) in [5.41, 5.74) is 0. The van der Waals surface area contributed by atoms with Crippen LogP contribution in [-0.2, 0) is 9.59 Å². The number of hydrogen-bond donors (Lipinski definition) is 0. The van der Waals surface area contributed by atoms with Gasteiger partial charge in [0, 0.05) is 26.2 Å². The molecule has 34 heavy (non-hydrogen) atoms. The van der Waals surface area contributed by atoms with E-state index in [9.17, 15) is 79.8 Å². The van der Waals surface area contributed by atoms with Gasteiger partial charge in [0.25, 0.3) is 11.8 Å².